The van der Waals surface area contributed by atoms with Gasteiger partial charge < -0.3 is 19.7 Å². The van der Waals surface area contributed by atoms with Crippen LogP contribution < -0.4 is 5.32 Å². The zero-order valence-electron chi connectivity index (χ0n) is 9.56. The summed E-state index contributed by atoms with van der Waals surface area (Å²) in [5, 5.41) is 16.4. The number of aromatic nitrogens is 2. The molecule has 2 N–H and O–H groups in total. The standard InChI is InChI=1S/C10H17N3O3/c1-10(2,6-14)9-12-8(13-16-9)7-5-15-4-3-11-7/h7,11,14H,3-6H2,1-2H3. The van der Waals surface area contributed by atoms with Gasteiger partial charge in [0.05, 0.1) is 31.3 Å². The molecule has 1 saturated heterocycles. The van der Waals surface area contributed by atoms with Crippen molar-refractivity contribution in [2.24, 2.45) is 0 Å². The SMILES string of the molecule is CC(C)(CO)c1nc(C2COCCN2)no1. The minimum atomic E-state index is -0.499. The molecule has 0 amide bonds. The van der Waals surface area contributed by atoms with E-state index in [0.29, 0.717) is 24.9 Å². The molecule has 90 valence electrons. The summed E-state index contributed by atoms with van der Waals surface area (Å²) in [6.07, 6.45) is 0. The van der Waals surface area contributed by atoms with Crippen molar-refractivity contribution >= 4 is 0 Å². The van der Waals surface area contributed by atoms with E-state index in [1.807, 2.05) is 13.8 Å². The Labute approximate surface area is 94.0 Å². The molecule has 0 saturated carbocycles. The van der Waals surface area contributed by atoms with Crippen LogP contribution in [-0.2, 0) is 10.2 Å². The van der Waals surface area contributed by atoms with Crippen molar-refractivity contribution in [1.29, 1.82) is 0 Å². The maximum absolute atomic E-state index is 9.20. The number of aliphatic hydroxyl groups excluding tert-OH is 1. The van der Waals surface area contributed by atoms with Gasteiger partial charge >= 0.3 is 0 Å². The molecule has 1 fully saturated rings. The quantitative estimate of drug-likeness (QED) is 0.756. The number of morpholine rings is 1. The van der Waals surface area contributed by atoms with Gasteiger partial charge in [-0.05, 0) is 13.8 Å². The fourth-order valence-corrected chi connectivity index (χ4v) is 1.45. The van der Waals surface area contributed by atoms with Crippen LogP contribution in [-0.4, -0.2) is 41.6 Å². The first-order valence-corrected chi connectivity index (χ1v) is 5.39. The molecule has 0 aliphatic carbocycles. The summed E-state index contributed by atoms with van der Waals surface area (Å²) in [7, 11) is 0. The molecule has 1 aliphatic rings. The normalized spacial score (nSPS) is 22.3. The molecule has 6 nitrogen and oxygen atoms in total. The van der Waals surface area contributed by atoms with Crippen molar-refractivity contribution in [1.82, 2.24) is 15.5 Å². The Hall–Kier alpha value is -0.980. The second-order valence-electron chi connectivity index (χ2n) is 4.58. The summed E-state index contributed by atoms with van der Waals surface area (Å²) in [5.41, 5.74) is -0.499. The van der Waals surface area contributed by atoms with Crippen molar-refractivity contribution in [3.63, 3.8) is 0 Å². The second-order valence-corrected chi connectivity index (χ2v) is 4.58. The van der Waals surface area contributed by atoms with Gasteiger partial charge in [-0.25, -0.2) is 0 Å². The minimum absolute atomic E-state index is 0.0132. The summed E-state index contributed by atoms with van der Waals surface area (Å²) in [4.78, 5) is 4.30. The Kier molecular flexibility index (Phi) is 3.22. The van der Waals surface area contributed by atoms with E-state index in [4.69, 9.17) is 9.26 Å². The minimum Gasteiger partial charge on any atom is -0.395 e. The molecule has 1 atom stereocenters. The highest BCUT2D eigenvalue weighted by Crippen LogP contribution is 2.22. The lowest BCUT2D eigenvalue weighted by atomic mass is 9.95. The van der Waals surface area contributed by atoms with E-state index in [1.54, 1.807) is 0 Å². The number of hydrogen-bond donors (Lipinski definition) is 2. The van der Waals surface area contributed by atoms with Gasteiger partial charge in [0, 0.05) is 6.54 Å². The number of aliphatic hydroxyl groups is 1. The van der Waals surface area contributed by atoms with Gasteiger partial charge in [0.1, 0.15) is 0 Å². The van der Waals surface area contributed by atoms with E-state index in [9.17, 15) is 5.11 Å². The first kappa shape index (κ1) is 11.5. The molecular weight excluding hydrogens is 210 g/mol. The maximum atomic E-state index is 9.20. The van der Waals surface area contributed by atoms with Crippen LogP contribution in [0.25, 0.3) is 0 Å². The molecule has 1 aromatic heterocycles. The summed E-state index contributed by atoms with van der Waals surface area (Å²) in [5.74, 6) is 1.05. The predicted molar refractivity (Wildman–Crippen MR) is 56.0 cm³/mol. The fraction of sp³-hybridized carbons (Fsp3) is 0.800. The van der Waals surface area contributed by atoms with Crippen LogP contribution in [0.2, 0.25) is 0 Å². The number of rotatable bonds is 3. The number of hydrogen-bond acceptors (Lipinski definition) is 6. The van der Waals surface area contributed by atoms with Crippen LogP contribution in [0.4, 0.5) is 0 Å². The average Bonchev–Trinajstić information content (AvgIpc) is 2.80. The van der Waals surface area contributed by atoms with Crippen molar-refractivity contribution in [2.45, 2.75) is 25.3 Å². The third-order valence-electron chi connectivity index (χ3n) is 2.65. The first-order valence-electron chi connectivity index (χ1n) is 5.39. The summed E-state index contributed by atoms with van der Waals surface area (Å²) >= 11 is 0. The highest BCUT2D eigenvalue weighted by atomic mass is 16.5. The Bertz CT molecular complexity index is 345. The molecule has 0 bridgehead atoms. The Morgan fingerprint density at radius 3 is 3.00 bits per heavy atom. The van der Waals surface area contributed by atoms with Gasteiger partial charge in [-0.3, -0.25) is 0 Å². The van der Waals surface area contributed by atoms with Crippen LogP contribution in [0.3, 0.4) is 0 Å². The molecule has 1 unspecified atom stereocenters. The predicted octanol–water partition coefficient (Wildman–Crippen LogP) is 0.000400. The van der Waals surface area contributed by atoms with Crippen molar-refractivity contribution < 1.29 is 14.4 Å². The van der Waals surface area contributed by atoms with Gasteiger partial charge in [0.15, 0.2) is 5.82 Å². The lowest BCUT2D eigenvalue weighted by Gasteiger charge is -2.20. The smallest absolute Gasteiger partial charge is 0.234 e. The van der Waals surface area contributed by atoms with E-state index in [-0.39, 0.29) is 12.6 Å². The van der Waals surface area contributed by atoms with Crippen LogP contribution in [0.15, 0.2) is 4.52 Å². The molecule has 1 aromatic rings. The van der Waals surface area contributed by atoms with E-state index in [0.717, 1.165) is 6.54 Å². The maximum Gasteiger partial charge on any atom is 0.234 e. The second kappa shape index (κ2) is 4.48. The third kappa shape index (κ3) is 2.23. The lowest BCUT2D eigenvalue weighted by Crippen LogP contribution is -2.35. The van der Waals surface area contributed by atoms with E-state index >= 15 is 0 Å². The molecule has 2 rings (SSSR count). The lowest BCUT2D eigenvalue weighted by molar-refractivity contribution is 0.0734. The van der Waals surface area contributed by atoms with E-state index in [2.05, 4.69) is 15.5 Å². The number of nitrogens with zero attached hydrogens (tertiary/aromatic N) is 2. The highest BCUT2D eigenvalue weighted by Gasteiger charge is 2.29. The zero-order valence-corrected chi connectivity index (χ0v) is 9.56. The Morgan fingerprint density at radius 1 is 1.56 bits per heavy atom. The molecule has 0 aromatic carbocycles. The summed E-state index contributed by atoms with van der Waals surface area (Å²) < 4.78 is 10.5. The van der Waals surface area contributed by atoms with Crippen LogP contribution >= 0.6 is 0 Å². The van der Waals surface area contributed by atoms with Crippen molar-refractivity contribution in [3.8, 4) is 0 Å². The van der Waals surface area contributed by atoms with Gasteiger partial charge in [-0.2, -0.15) is 4.98 Å². The topological polar surface area (TPSA) is 80.4 Å². The van der Waals surface area contributed by atoms with Crippen molar-refractivity contribution in [2.75, 3.05) is 26.4 Å². The molecule has 1 aliphatic heterocycles. The summed E-state index contributed by atoms with van der Waals surface area (Å²) in [6, 6.07) is -0.0132. The molecule has 16 heavy (non-hydrogen) atoms. The van der Waals surface area contributed by atoms with Gasteiger partial charge in [-0.1, -0.05) is 5.16 Å². The largest absolute Gasteiger partial charge is 0.395 e. The Morgan fingerprint density at radius 2 is 2.38 bits per heavy atom. The van der Waals surface area contributed by atoms with Gasteiger partial charge in [0.2, 0.25) is 5.89 Å². The summed E-state index contributed by atoms with van der Waals surface area (Å²) in [6.45, 7) is 5.74. The monoisotopic (exact) mass is 227 g/mol. The van der Waals surface area contributed by atoms with Crippen LogP contribution in [0.1, 0.15) is 31.6 Å². The average molecular weight is 227 g/mol. The highest BCUT2D eigenvalue weighted by molar-refractivity contribution is 5.03. The first-order chi connectivity index (χ1) is 7.63. The van der Waals surface area contributed by atoms with Crippen LogP contribution in [0.5, 0.6) is 0 Å². The van der Waals surface area contributed by atoms with Gasteiger partial charge in [-0.15, -0.1) is 0 Å². The van der Waals surface area contributed by atoms with Gasteiger partial charge in [0.25, 0.3) is 0 Å². The molecule has 6 heteroatoms. The van der Waals surface area contributed by atoms with Crippen LogP contribution in [0, 0.1) is 0 Å². The number of ether oxygens (including phenoxy) is 1. The zero-order chi connectivity index (χ0) is 11.6. The van der Waals surface area contributed by atoms with E-state index < -0.39 is 5.41 Å². The number of nitrogens with one attached hydrogen (secondary N) is 1. The molecule has 0 spiro atoms. The fourth-order valence-electron chi connectivity index (χ4n) is 1.45. The van der Waals surface area contributed by atoms with Crippen molar-refractivity contribution in [3.05, 3.63) is 11.7 Å². The third-order valence-corrected chi connectivity index (χ3v) is 2.65. The molecule has 0 radical (unpaired) electrons. The molecule has 2 heterocycles. The van der Waals surface area contributed by atoms with E-state index in [1.165, 1.54) is 0 Å². The molecular formula is C10H17N3O3. The Balaban J connectivity index is 2.12.